The first-order valence-electron chi connectivity index (χ1n) is 12.6. The Morgan fingerprint density at radius 2 is 1.87 bits per heavy atom. The van der Waals surface area contributed by atoms with Crippen molar-refractivity contribution in [2.24, 2.45) is 5.16 Å². The maximum Gasteiger partial charge on any atom is 0.262 e. The molecule has 1 fully saturated rings. The monoisotopic (exact) mass is 539 g/mol. The van der Waals surface area contributed by atoms with E-state index in [4.69, 9.17) is 9.57 Å². The number of carbonyl (C=O) groups excluding carboxylic acids is 1. The van der Waals surface area contributed by atoms with Gasteiger partial charge in [0.2, 0.25) is 5.95 Å². The van der Waals surface area contributed by atoms with Gasteiger partial charge in [-0.15, -0.1) is 0 Å². The lowest BCUT2D eigenvalue weighted by atomic mass is 9.84. The topological polar surface area (TPSA) is 80.2 Å². The maximum absolute atomic E-state index is 14.0. The summed E-state index contributed by atoms with van der Waals surface area (Å²) in [5.74, 6) is -2.80. The summed E-state index contributed by atoms with van der Waals surface area (Å²) in [6.45, 7) is 2.31. The molecule has 0 aliphatic carbocycles. The average Bonchev–Trinajstić information content (AvgIpc) is 3.27. The van der Waals surface area contributed by atoms with Crippen molar-refractivity contribution >= 4 is 11.6 Å². The Hall–Kier alpha value is -3.83. The molecule has 39 heavy (non-hydrogen) atoms. The van der Waals surface area contributed by atoms with Gasteiger partial charge in [0.15, 0.2) is 18.2 Å². The molecule has 0 bridgehead atoms. The summed E-state index contributed by atoms with van der Waals surface area (Å²) in [7, 11) is 3.18. The number of piperidine rings is 1. The SMILES string of the molecule is CN(C)C(=O)CO/N=C(\c1ccc(F)c(F)c1)c1ccc(CN2CCC3(CC2)OCc2cc(F)ncc23)cn1. The highest BCUT2D eigenvalue weighted by atomic mass is 19.2. The Balaban J connectivity index is 1.27. The van der Waals surface area contributed by atoms with E-state index >= 15 is 0 Å². The largest absolute Gasteiger partial charge is 0.385 e. The first kappa shape index (κ1) is 26.8. The van der Waals surface area contributed by atoms with E-state index in [0.717, 1.165) is 54.8 Å². The summed E-state index contributed by atoms with van der Waals surface area (Å²) < 4.78 is 47.1. The summed E-state index contributed by atoms with van der Waals surface area (Å²) in [4.78, 5) is 29.1. The molecule has 1 spiro atoms. The Morgan fingerprint density at radius 1 is 1.08 bits per heavy atom. The fraction of sp³-hybridized carbons (Fsp3) is 0.357. The van der Waals surface area contributed by atoms with Crippen LogP contribution < -0.4 is 0 Å². The van der Waals surface area contributed by atoms with Crippen LogP contribution >= 0.6 is 0 Å². The highest BCUT2D eigenvalue weighted by Gasteiger charge is 2.43. The minimum absolute atomic E-state index is 0.175. The summed E-state index contributed by atoms with van der Waals surface area (Å²) in [5.41, 5.74) is 3.21. The van der Waals surface area contributed by atoms with Gasteiger partial charge in [0.1, 0.15) is 5.71 Å². The molecular weight excluding hydrogens is 511 g/mol. The second kappa shape index (κ2) is 11.1. The molecule has 0 saturated carbocycles. The van der Waals surface area contributed by atoms with E-state index in [-0.39, 0.29) is 23.8 Å². The normalized spacial score (nSPS) is 16.8. The number of fused-ring (bicyclic) bond motifs is 2. The molecule has 1 amide bonds. The van der Waals surface area contributed by atoms with Crippen LogP contribution in [0.4, 0.5) is 13.2 Å². The molecule has 5 rings (SSSR count). The van der Waals surface area contributed by atoms with E-state index in [1.807, 2.05) is 6.07 Å². The predicted octanol–water partition coefficient (Wildman–Crippen LogP) is 3.77. The van der Waals surface area contributed by atoms with Gasteiger partial charge in [-0.05, 0) is 54.3 Å². The zero-order valence-corrected chi connectivity index (χ0v) is 21.7. The molecule has 0 atom stereocenters. The average molecular weight is 540 g/mol. The molecule has 11 heteroatoms. The van der Waals surface area contributed by atoms with Gasteiger partial charge in [-0.3, -0.25) is 14.7 Å². The smallest absolute Gasteiger partial charge is 0.262 e. The number of nitrogens with zero attached hydrogens (tertiary/aromatic N) is 5. The van der Waals surface area contributed by atoms with Gasteiger partial charge < -0.3 is 14.5 Å². The number of hydrogen-bond donors (Lipinski definition) is 0. The number of benzene rings is 1. The number of hydrogen-bond acceptors (Lipinski definition) is 7. The van der Waals surface area contributed by atoms with Crippen LogP contribution in [0.3, 0.4) is 0 Å². The summed E-state index contributed by atoms with van der Waals surface area (Å²) in [5, 5.41) is 4.03. The highest BCUT2D eigenvalue weighted by Crippen LogP contribution is 2.44. The van der Waals surface area contributed by atoms with Gasteiger partial charge in [0, 0.05) is 57.3 Å². The van der Waals surface area contributed by atoms with Crippen LogP contribution in [0.5, 0.6) is 0 Å². The fourth-order valence-electron chi connectivity index (χ4n) is 4.87. The Bertz CT molecular complexity index is 1390. The van der Waals surface area contributed by atoms with Crippen LogP contribution in [0.1, 0.15) is 40.8 Å². The van der Waals surface area contributed by atoms with Crippen molar-refractivity contribution in [1.82, 2.24) is 19.8 Å². The van der Waals surface area contributed by atoms with Gasteiger partial charge in [0.05, 0.1) is 17.9 Å². The van der Waals surface area contributed by atoms with Crippen molar-refractivity contribution < 1.29 is 27.5 Å². The number of aromatic nitrogens is 2. The van der Waals surface area contributed by atoms with Crippen molar-refractivity contribution in [3.05, 3.63) is 94.3 Å². The quantitative estimate of drug-likeness (QED) is 0.258. The Kier molecular flexibility index (Phi) is 7.62. The van der Waals surface area contributed by atoms with Crippen molar-refractivity contribution in [1.29, 1.82) is 0 Å². The third-order valence-electron chi connectivity index (χ3n) is 7.12. The van der Waals surface area contributed by atoms with Crippen LogP contribution in [0, 0.1) is 17.6 Å². The number of pyridine rings is 2. The van der Waals surface area contributed by atoms with E-state index in [1.165, 1.54) is 17.0 Å². The Labute approximate surface area is 224 Å². The number of amides is 1. The molecule has 2 aliphatic heterocycles. The van der Waals surface area contributed by atoms with E-state index in [9.17, 15) is 18.0 Å². The third-order valence-corrected chi connectivity index (χ3v) is 7.12. The number of halogens is 3. The van der Waals surface area contributed by atoms with Gasteiger partial charge in [-0.25, -0.2) is 13.8 Å². The molecule has 8 nitrogen and oxygen atoms in total. The van der Waals surface area contributed by atoms with Gasteiger partial charge >= 0.3 is 0 Å². The van der Waals surface area contributed by atoms with Crippen molar-refractivity contribution in [2.75, 3.05) is 33.8 Å². The van der Waals surface area contributed by atoms with Crippen LogP contribution in [-0.4, -0.2) is 65.2 Å². The summed E-state index contributed by atoms with van der Waals surface area (Å²) >= 11 is 0. The van der Waals surface area contributed by atoms with Crippen LogP contribution in [0.2, 0.25) is 0 Å². The van der Waals surface area contributed by atoms with Crippen molar-refractivity contribution in [2.45, 2.75) is 31.6 Å². The second-order valence-corrected chi connectivity index (χ2v) is 9.91. The molecule has 4 heterocycles. The van der Waals surface area contributed by atoms with Crippen molar-refractivity contribution in [3.8, 4) is 0 Å². The van der Waals surface area contributed by atoms with Crippen molar-refractivity contribution in [3.63, 3.8) is 0 Å². The Morgan fingerprint density at radius 3 is 2.56 bits per heavy atom. The van der Waals surface area contributed by atoms with E-state index in [2.05, 4.69) is 20.0 Å². The summed E-state index contributed by atoms with van der Waals surface area (Å²) in [6.07, 6.45) is 4.85. The lowest BCUT2D eigenvalue weighted by Crippen LogP contribution is -2.42. The van der Waals surface area contributed by atoms with E-state index in [1.54, 1.807) is 32.6 Å². The lowest BCUT2D eigenvalue weighted by Gasteiger charge is -2.39. The zero-order valence-electron chi connectivity index (χ0n) is 21.7. The van der Waals surface area contributed by atoms with Crippen LogP contribution in [0.25, 0.3) is 0 Å². The zero-order chi connectivity index (χ0) is 27.6. The molecule has 204 valence electrons. The molecule has 0 unspecified atom stereocenters. The standard InChI is InChI=1S/C28H28F3N5O3/c1-35(2)26(37)17-39-34-27(19-4-5-22(29)23(30)11-19)24-6-3-18(13-32-24)15-36-9-7-28(8-10-36)21-14-33-25(31)12-20(21)16-38-28/h3-6,11-14H,7-10,15-17H2,1-2H3/b34-27+. The summed E-state index contributed by atoms with van der Waals surface area (Å²) in [6, 6.07) is 8.46. The molecule has 0 radical (unpaired) electrons. The predicted molar refractivity (Wildman–Crippen MR) is 136 cm³/mol. The lowest BCUT2D eigenvalue weighted by molar-refractivity contribution is -0.133. The van der Waals surface area contributed by atoms with Gasteiger partial charge in [-0.2, -0.15) is 4.39 Å². The molecule has 3 aromatic rings. The number of rotatable bonds is 7. The van der Waals surface area contributed by atoms with Gasteiger partial charge in [0.25, 0.3) is 5.91 Å². The highest BCUT2D eigenvalue weighted by molar-refractivity contribution is 6.11. The number of carbonyl (C=O) groups is 1. The molecule has 1 aromatic carbocycles. The number of likely N-dealkylation sites (tertiary alicyclic amines) is 1. The second-order valence-electron chi connectivity index (χ2n) is 9.91. The number of oxime groups is 1. The molecule has 2 aliphatic rings. The van der Waals surface area contributed by atoms with E-state index in [0.29, 0.717) is 18.8 Å². The molecule has 1 saturated heterocycles. The molecule has 0 N–H and O–H groups in total. The van der Waals surface area contributed by atoms with Gasteiger partial charge in [-0.1, -0.05) is 11.2 Å². The van der Waals surface area contributed by atoms with E-state index < -0.39 is 23.2 Å². The van der Waals surface area contributed by atoms with Crippen LogP contribution in [-0.2, 0) is 33.1 Å². The third kappa shape index (κ3) is 5.79. The maximum atomic E-state index is 14.0. The number of likely N-dealkylation sites (N-methyl/N-ethyl adjacent to an activating group) is 1. The first-order valence-corrected chi connectivity index (χ1v) is 12.6. The molecule has 2 aromatic heterocycles. The molecular formula is C28H28F3N5O3. The first-order chi connectivity index (χ1) is 18.7. The fourth-order valence-corrected chi connectivity index (χ4v) is 4.87. The minimum Gasteiger partial charge on any atom is -0.385 e. The number of ether oxygens (including phenoxy) is 1. The van der Waals surface area contributed by atoms with Crippen LogP contribution in [0.15, 0.2) is 53.9 Å². The minimum atomic E-state index is -1.03.